The molecule has 0 spiro atoms. The van der Waals surface area contributed by atoms with Crippen LogP contribution in [-0.4, -0.2) is 11.1 Å². The van der Waals surface area contributed by atoms with Gasteiger partial charge in [-0.2, -0.15) is 0 Å². The fourth-order valence-electron chi connectivity index (χ4n) is 2.62. The summed E-state index contributed by atoms with van der Waals surface area (Å²) in [6, 6.07) is 0. The van der Waals surface area contributed by atoms with Crippen LogP contribution in [0.2, 0.25) is 0 Å². The Bertz CT molecular complexity index is 203. The maximum Gasteiger partial charge on any atom is 0.309 e. The van der Waals surface area contributed by atoms with Gasteiger partial charge in [-0.3, -0.25) is 4.79 Å². The zero-order chi connectivity index (χ0) is 13.9. The zero-order valence-electron chi connectivity index (χ0n) is 12.6. The van der Waals surface area contributed by atoms with Crippen LogP contribution in [0.5, 0.6) is 0 Å². The van der Waals surface area contributed by atoms with Crippen LogP contribution >= 0.6 is 0 Å². The molecule has 0 aromatic carbocycles. The van der Waals surface area contributed by atoms with Crippen LogP contribution in [0.15, 0.2) is 0 Å². The van der Waals surface area contributed by atoms with Gasteiger partial charge in [0.05, 0.1) is 5.41 Å². The van der Waals surface area contributed by atoms with Crippen LogP contribution in [-0.2, 0) is 4.79 Å². The summed E-state index contributed by atoms with van der Waals surface area (Å²) in [7, 11) is 0. The minimum Gasteiger partial charge on any atom is -0.481 e. The third-order valence-corrected chi connectivity index (χ3v) is 3.98. The third-order valence-electron chi connectivity index (χ3n) is 3.98. The summed E-state index contributed by atoms with van der Waals surface area (Å²) < 4.78 is 0. The van der Waals surface area contributed by atoms with E-state index in [-0.39, 0.29) is 0 Å². The highest BCUT2D eigenvalue weighted by molar-refractivity contribution is 5.74. The Morgan fingerprint density at radius 3 is 1.61 bits per heavy atom. The van der Waals surface area contributed by atoms with Gasteiger partial charge in [-0.25, -0.2) is 0 Å². The first kappa shape index (κ1) is 17.5. The predicted octanol–water partition coefficient (Wildman–Crippen LogP) is 5.41. The summed E-state index contributed by atoms with van der Waals surface area (Å²) in [6.07, 6.45) is 11.6. The first-order valence-corrected chi connectivity index (χ1v) is 7.86. The molecule has 0 saturated carbocycles. The fraction of sp³-hybridized carbons (Fsp3) is 0.938. The van der Waals surface area contributed by atoms with Gasteiger partial charge in [0, 0.05) is 0 Å². The lowest BCUT2D eigenvalue weighted by Crippen LogP contribution is -2.31. The van der Waals surface area contributed by atoms with Gasteiger partial charge in [-0.05, 0) is 19.3 Å². The van der Waals surface area contributed by atoms with Gasteiger partial charge in [-0.1, -0.05) is 72.1 Å². The van der Waals surface area contributed by atoms with Crippen LogP contribution in [0.3, 0.4) is 0 Å². The Hall–Kier alpha value is -0.530. The smallest absolute Gasteiger partial charge is 0.309 e. The van der Waals surface area contributed by atoms with E-state index in [0.717, 1.165) is 51.4 Å². The molecular weight excluding hydrogens is 224 g/mol. The van der Waals surface area contributed by atoms with Crippen LogP contribution in [0.4, 0.5) is 0 Å². The predicted molar refractivity (Wildman–Crippen MR) is 77.9 cm³/mol. The number of rotatable bonds is 12. The van der Waals surface area contributed by atoms with E-state index in [1.165, 1.54) is 19.3 Å². The number of carbonyl (C=O) groups is 1. The summed E-state index contributed by atoms with van der Waals surface area (Å²) in [5.41, 5.74) is -0.431. The Kier molecular flexibility index (Phi) is 10.1. The molecule has 0 heterocycles. The molecule has 0 aliphatic carbocycles. The molecule has 108 valence electrons. The van der Waals surface area contributed by atoms with Gasteiger partial charge in [0.25, 0.3) is 0 Å². The van der Waals surface area contributed by atoms with E-state index in [0.29, 0.717) is 0 Å². The maximum absolute atomic E-state index is 11.7. The van der Waals surface area contributed by atoms with Crippen molar-refractivity contribution in [2.45, 2.75) is 91.4 Å². The van der Waals surface area contributed by atoms with Crippen molar-refractivity contribution in [3.63, 3.8) is 0 Å². The second-order valence-electron chi connectivity index (χ2n) is 5.60. The van der Waals surface area contributed by atoms with Crippen molar-refractivity contribution in [1.82, 2.24) is 0 Å². The molecule has 0 fully saturated rings. The summed E-state index contributed by atoms with van der Waals surface area (Å²) >= 11 is 0. The standard InChI is InChI=1S/C16H32O2/c1-4-7-10-11-14-16(15(17)18,12-8-5-2)13-9-6-3/h4-14H2,1-3H3,(H,17,18). The van der Waals surface area contributed by atoms with E-state index < -0.39 is 11.4 Å². The lowest BCUT2D eigenvalue weighted by molar-refractivity contribution is -0.150. The lowest BCUT2D eigenvalue weighted by atomic mass is 9.74. The second-order valence-corrected chi connectivity index (χ2v) is 5.60. The zero-order valence-corrected chi connectivity index (χ0v) is 12.6. The highest BCUT2D eigenvalue weighted by Gasteiger charge is 2.36. The molecule has 2 nitrogen and oxygen atoms in total. The number of unbranched alkanes of at least 4 members (excludes halogenated alkanes) is 5. The first-order chi connectivity index (χ1) is 8.63. The highest BCUT2D eigenvalue weighted by Crippen LogP contribution is 2.37. The summed E-state index contributed by atoms with van der Waals surface area (Å²) in [5.74, 6) is -0.555. The molecule has 0 saturated heterocycles. The lowest BCUT2D eigenvalue weighted by Gasteiger charge is -2.29. The molecule has 0 aliphatic rings. The molecular formula is C16H32O2. The minimum atomic E-state index is -0.555. The molecule has 0 aromatic heterocycles. The molecule has 0 rings (SSSR count). The summed E-state index contributed by atoms with van der Waals surface area (Å²) in [5, 5.41) is 9.63. The topological polar surface area (TPSA) is 37.3 Å². The van der Waals surface area contributed by atoms with Crippen molar-refractivity contribution in [2.24, 2.45) is 5.41 Å². The van der Waals surface area contributed by atoms with E-state index in [1.54, 1.807) is 0 Å². The van der Waals surface area contributed by atoms with Gasteiger partial charge >= 0.3 is 5.97 Å². The minimum absolute atomic E-state index is 0.431. The monoisotopic (exact) mass is 256 g/mol. The molecule has 0 unspecified atom stereocenters. The molecule has 2 heteroatoms. The van der Waals surface area contributed by atoms with Gasteiger partial charge in [0.15, 0.2) is 0 Å². The quantitative estimate of drug-likeness (QED) is 0.474. The molecule has 0 atom stereocenters. The van der Waals surface area contributed by atoms with E-state index in [1.807, 2.05) is 0 Å². The maximum atomic E-state index is 11.7. The average Bonchev–Trinajstić information content (AvgIpc) is 2.37. The van der Waals surface area contributed by atoms with Crippen molar-refractivity contribution in [2.75, 3.05) is 0 Å². The number of hydrogen-bond donors (Lipinski definition) is 1. The van der Waals surface area contributed by atoms with Crippen LogP contribution in [0, 0.1) is 5.41 Å². The first-order valence-electron chi connectivity index (χ1n) is 7.86. The molecule has 0 aliphatic heterocycles. The summed E-state index contributed by atoms with van der Waals surface area (Å²) in [4.78, 5) is 11.7. The van der Waals surface area contributed by atoms with E-state index in [2.05, 4.69) is 20.8 Å². The Balaban J connectivity index is 4.45. The van der Waals surface area contributed by atoms with Crippen LogP contribution < -0.4 is 0 Å². The van der Waals surface area contributed by atoms with Gasteiger partial charge in [-0.15, -0.1) is 0 Å². The van der Waals surface area contributed by atoms with Crippen molar-refractivity contribution in [1.29, 1.82) is 0 Å². The second kappa shape index (κ2) is 10.4. The summed E-state index contributed by atoms with van der Waals surface area (Å²) in [6.45, 7) is 6.48. The SMILES string of the molecule is CCCCCCC(CCCC)(CCCC)C(=O)O. The average molecular weight is 256 g/mol. The van der Waals surface area contributed by atoms with E-state index in [9.17, 15) is 9.90 Å². The highest BCUT2D eigenvalue weighted by atomic mass is 16.4. The molecule has 0 amide bonds. The van der Waals surface area contributed by atoms with E-state index >= 15 is 0 Å². The number of aliphatic carboxylic acids is 1. The van der Waals surface area contributed by atoms with Crippen LogP contribution in [0.25, 0.3) is 0 Å². The molecule has 18 heavy (non-hydrogen) atoms. The van der Waals surface area contributed by atoms with Crippen molar-refractivity contribution >= 4 is 5.97 Å². The Morgan fingerprint density at radius 1 is 0.778 bits per heavy atom. The normalized spacial score (nSPS) is 11.7. The largest absolute Gasteiger partial charge is 0.481 e. The van der Waals surface area contributed by atoms with Gasteiger partial charge < -0.3 is 5.11 Å². The molecule has 0 radical (unpaired) electrons. The molecule has 1 N–H and O–H groups in total. The van der Waals surface area contributed by atoms with Crippen LogP contribution in [0.1, 0.15) is 91.4 Å². The molecule has 0 bridgehead atoms. The van der Waals surface area contributed by atoms with Gasteiger partial charge in [0.2, 0.25) is 0 Å². The van der Waals surface area contributed by atoms with Crippen molar-refractivity contribution < 1.29 is 9.90 Å². The molecule has 0 aromatic rings. The Labute approximate surface area is 113 Å². The number of carboxylic acid groups (broad SMARTS) is 1. The van der Waals surface area contributed by atoms with Crippen molar-refractivity contribution in [3.8, 4) is 0 Å². The third kappa shape index (κ3) is 6.42. The van der Waals surface area contributed by atoms with Gasteiger partial charge in [0.1, 0.15) is 0 Å². The number of carboxylic acids is 1. The fourth-order valence-corrected chi connectivity index (χ4v) is 2.62. The van der Waals surface area contributed by atoms with E-state index in [4.69, 9.17) is 0 Å². The number of hydrogen-bond acceptors (Lipinski definition) is 1. The Morgan fingerprint density at radius 2 is 1.22 bits per heavy atom. The van der Waals surface area contributed by atoms with Crippen molar-refractivity contribution in [3.05, 3.63) is 0 Å².